The fraction of sp³-hybridized carbons (Fsp3) is 0.524. The largest absolute Gasteiger partial charge is 0.344 e. The number of fused-ring (bicyclic) bond motifs is 1. The molecule has 3 heterocycles. The highest BCUT2D eigenvalue weighted by molar-refractivity contribution is 6.05. The summed E-state index contributed by atoms with van der Waals surface area (Å²) in [6.07, 6.45) is 9.57. The number of nitrogens with one attached hydrogen (secondary N) is 1. The lowest BCUT2D eigenvalue weighted by molar-refractivity contribution is -0.125. The van der Waals surface area contributed by atoms with E-state index in [-0.39, 0.29) is 11.7 Å². The summed E-state index contributed by atoms with van der Waals surface area (Å²) in [5, 5.41) is 0. The lowest BCUT2D eigenvalue weighted by Crippen LogP contribution is -2.27. The molecular weight excluding hydrogens is 340 g/mol. The summed E-state index contributed by atoms with van der Waals surface area (Å²) < 4.78 is 0. The van der Waals surface area contributed by atoms with Crippen molar-refractivity contribution in [1.82, 2.24) is 19.9 Å². The van der Waals surface area contributed by atoms with E-state index in [1.54, 1.807) is 12.4 Å². The lowest BCUT2D eigenvalue weighted by atomic mass is 9.88. The Kier molecular flexibility index (Phi) is 4.81. The minimum absolute atomic E-state index is 0.0165. The van der Waals surface area contributed by atoms with Crippen molar-refractivity contribution >= 4 is 22.9 Å². The lowest BCUT2D eigenvalue weighted by Gasteiger charge is -2.16. The number of ketones is 1. The van der Waals surface area contributed by atoms with Crippen LogP contribution in [0.1, 0.15) is 48.7 Å². The van der Waals surface area contributed by atoms with Crippen molar-refractivity contribution in [3.8, 4) is 0 Å². The molecule has 2 atom stereocenters. The molecule has 0 unspecified atom stereocenters. The Bertz CT molecular complexity index is 883. The van der Waals surface area contributed by atoms with Crippen molar-refractivity contribution in [2.75, 3.05) is 13.1 Å². The first-order chi connectivity index (χ1) is 13.1. The average molecular weight is 366 g/mol. The Labute approximate surface area is 159 Å². The topological polar surface area (TPSA) is 79.0 Å². The molecule has 0 radical (unpaired) electrons. The summed E-state index contributed by atoms with van der Waals surface area (Å²) in [6, 6.07) is 0. The normalized spacial score (nSPS) is 22.3. The van der Waals surface area contributed by atoms with E-state index in [0.29, 0.717) is 35.0 Å². The summed E-state index contributed by atoms with van der Waals surface area (Å²) >= 11 is 0. The third-order valence-electron chi connectivity index (χ3n) is 5.88. The molecule has 1 N–H and O–H groups in total. The fourth-order valence-corrected chi connectivity index (χ4v) is 4.35. The van der Waals surface area contributed by atoms with Gasteiger partial charge in [-0.05, 0) is 49.5 Å². The van der Waals surface area contributed by atoms with Crippen molar-refractivity contribution in [2.24, 2.45) is 17.8 Å². The monoisotopic (exact) mass is 366 g/mol. The molecule has 2 aliphatic rings. The van der Waals surface area contributed by atoms with Crippen LogP contribution in [0.3, 0.4) is 0 Å². The minimum Gasteiger partial charge on any atom is -0.344 e. The van der Waals surface area contributed by atoms with Crippen LogP contribution >= 0.6 is 0 Å². The van der Waals surface area contributed by atoms with Gasteiger partial charge < -0.3 is 9.88 Å². The fourth-order valence-electron chi connectivity index (χ4n) is 4.35. The zero-order valence-corrected chi connectivity index (χ0v) is 15.8. The SMILES string of the molecule is C=CC(=O)N1C[C@@H](Cc2cnc3[nH]cc(C(=O)CCC)c3n2)[C@@H](C2CC2)C1. The van der Waals surface area contributed by atoms with Crippen molar-refractivity contribution in [1.29, 1.82) is 0 Å². The van der Waals surface area contributed by atoms with Crippen LogP contribution in [-0.2, 0) is 11.2 Å². The molecule has 2 fully saturated rings. The second-order valence-corrected chi connectivity index (χ2v) is 7.85. The molecule has 1 aliphatic carbocycles. The molecule has 0 aromatic carbocycles. The highest BCUT2D eigenvalue weighted by atomic mass is 16.2. The molecule has 4 rings (SSSR count). The van der Waals surface area contributed by atoms with Gasteiger partial charge in [0.25, 0.3) is 0 Å². The van der Waals surface area contributed by atoms with Gasteiger partial charge >= 0.3 is 0 Å². The van der Waals surface area contributed by atoms with E-state index in [9.17, 15) is 9.59 Å². The number of rotatable bonds is 7. The first kappa shape index (κ1) is 17.9. The highest BCUT2D eigenvalue weighted by Gasteiger charge is 2.43. The second-order valence-electron chi connectivity index (χ2n) is 7.85. The van der Waals surface area contributed by atoms with Crippen molar-refractivity contribution in [2.45, 2.75) is 39.0 Å². The number of H-pyrrole nitrogens is 1. The molecule has 2 aromatic rings. The van der Waals surface area contributed by atoms with Gasteiger partial charge in [-0.25, -0.2) is 9.97 Å². The molecule has 1 saturated heterocycles. The molecule has 0 bridgehead atoms. The van der Waals surface area contributed by atoms with Crippen LogP contribution in [0.4, 0.5) is 0 Å². The van der Waals surface area contributed by atoms with Crippen molar-refractivity contribution in [3.05, 3.63) is 36.3 Å². The number of hydrogen-bond donors (Lipinski definition) is 1. The van der Waals surface area contributed by atoms with E-state index in [2.05, 4.69) is 16.5 Å². The van der Waals surface area contributed by atoms with E-state index in [0.717, 1.165) is 37.5 Å². The summed E-state index contributed by atoms with van der Waals surface area (Å²) in [6.45, 7) is 7.19. The van der Waals surface area contributed by atoms with Gasteiger partial charge in [-0.2, -0.15) is 0 Å². The number of amides is 1. The van der Waals surface area contributed by atoms with Crippen molar-refractivity contribution in [3.63, 3.8) is 0 Å². The maximum absolute atomic E-state index is 12.3. The van der Waals surface area contributed by atoms with Gasteiger partial charge in [0.15, 0.2) is 11.4 Å². The smallest absolute Gasteiger partial charge is 0.245 e. The van der Waals surface area contributed by atoms with Crippen LogP contribution in [0.2, 0.25) is 0 Å². The first-order valence-electron chi connectivity index (χ1n) is 9.88. The van der Waals surface area contributed by atoms with Crippen LogP contribution < -0.4 is 0 Å². The van der Waals surface area contributed by atoms with Crippen molar-refractivity contribution < 1.29 is 9.59 Å². The molecule has 1 saturated carbocycles. The maximum atomic E-state index is 12.3. The van der Waals surface area contributed by atoms with Gasteiger partial charge in [0, 0.05) is 25.7 Å². The Hall–Kier alpha value is -2.50. The summed E-state index contributed by atoms with van der Waals surface area (Å²) in [7, 11) is 0. The molecule has 6 heteroatoms. The van der Waals surface area contributed by atoms with Gasteiger partial charge in [-0.3, -0.25) is 9.59 Å². The van der Waals surface area contributed by atoms with E-state index < -0.39 is 0 Å². The van der Waals surface area contributed by atoms with Crippen LogP contribution in [0.15, 0.2) is 25.0 Å². The summed E-state index contributed by atoms with van der Waals surface area (Å²) in [5.41, 5.74) is 2.86. The van der Waals surface area contributed by atoms with Gasteiger partial charge in [0.2, 0.25) is 5.91 Å². The Morgan fingerprint density at radius 2 is 2.19 bits per heavy atom. The van der Waals surface area contributed by atoms with Gasteiger partial charge in [-0.15, -0.1) is 0 Å². The van der Waals surface area contributed by atoms with Crippen LogP contribution in [0.5, 0.6) is 0 Å². The number of carbonyl (C=O) groups excluding carboxylic acids is 2. The zero-order chi connectivity index (χ0) is 19.0. The number of aromatic nitrogens is 3. The number of nitrogens with zero attached hydrogens (tertiary/aromatic N) is 3. The molecule has 0 spiro atoms. The quantitative estimate of drug-likeness (QED) is 0.603. The third kappa shape index (κ3) is 3.53. The van der Waals surface area contributed by atoms with Crippen LogP contribution in [0.25, 0.3) is 11.2 Å². The summed E-state index contributed by atoms with van der Waals surface area (Å²) in [4.78, 5) is 38.6. The molecule has 2 aromatic heterocycles. The van der Waals surface area contributed by atoms with Gasteiger partial charge in [0.1, 0.15) is 5.52 Å². The highest BCUT2D eigenvalue weighted by Crippen LogP contribution is 2.44. The number of hydrogen-bond acceptors (Lipinski definition) is 4. The molecule has 1 aliphatic heterocycles. The molecular formula is C21H26N4O2. The zero-order valence-electron chi connectivity index (χ0n) is 15.8. The average Bonchev–Trinajstić information content (AvgIpc) is 3.29. The number of aromatic amines is 1. The molecule has 6 nitrogen and oxygen atoms in total. The maximum Gasteiger partial charge on any atom is 0.245 e. The number of Topliss-reactive ketones (excluding diaryl/α,β-unsaturated/α-hetero) is 1. The Morgan fingerprint density at radius 1 is 1.37 bits per heavy atom. The molecule has 1 amide bonds. The number of carbonyl (C=O) groups is 2. The van der Waals surface area contributed by atoms with Crippen LogP contribution in [0, 0.1) is 17.8 Å². The standard InChI is InChI=1S/C21H26N4O2/c1-3-5-18(26)16-10-23-21-20(16)24-15(9-22-21)8-14-11-25(19(27)4-2)12-17(14)13-6-7-13/h4,9-10,13-14,17H,2-3,5-8,11-12H2,1H3,(H,22,23)/t14-,17-/m1/s1. The Balaban J connectivity index is 1.56. The van der Waals surface area contributed by atoms with E-state index >= 15 is 0 Å². The Morgan fingerprint density at radius 3 is 2.89 bits per heavy atom. The van der Waals surface area contributed by atoms with E-state index in [4.69, 9.17) is 4.98 Å². The predicted octanol–water partition coefficient (Wildman–Crippen LogP) is 3.15. The van der Waals surface area contributed by atoms with Gasteiger partial charge in [-0.1, -0.05) is 13.5 Å². The predicted molar refractivity (Wildman–Crippen MR) is 103 cm³/mol. The van der Waals surface area contributed by atoms with E-state index in [1.807, 2.05) is 11.8 Å². The number of likely N-dealkylation sites (tertiary alicyclic amines) is 1. The minimum atomic E-state index is 0.0165. The molecule has 142 valence electrons. The third-order valence-corrected chi connectivity index (χ3v) is 5.88. The van der Waals surface area contributed by atoms with Gasteiger partial charge in [0.05, 0.1) is 17.5 Å². The van der Waals surface area contributed by atoms with E-state index in [1.165, 1.54) is 18.9 Å². The molecule has 27 heavy (non-hydrogen) atoms. The second kappa shape index (κ2) is 7.25. The van der Waals surface area contributed by atoms with Crippen LogP contribution in [-0.4, -0.2) is 44.6 Å². The first-order valence-corrected chi connectivity index (χ1v) is 9.88. The summed E-state index contributed by atoms with van der Waals surface area (Å²) in [5.74, 6) is 1.77.